The van der Waals surface area contributed by atoms with Crippen LogP contribution in [-0.4, -0.2) is 27.6 Å². The Morgan fingerprint density at radius 2 is 1.87 bits per heavy atom. The summed E-state index contributed by atoms with van der Waals surface area (Å²) in [6.45, 7) is 0. The first-order valence-corrected chi connectivity index (χ1v) is 11.1. The molecule has 1 saturated carbocycles. The van der Waals surface area contributed by atoms with Gasteiger partial charge in [-0.15, -0.1) is 10.2 Å². The van der Waals surface area contributed by atoms with E-state index in [2.05, 4.69) is 15.5 Å². The van der Waals surface area contributed by atoms with Gasteiger partial charge in [-0.3, -0.25) is 4.79 Å². The summed E-state index contributed by atoms with van der Waals surface area (Å²) >= 11 is 1.08. The Morgan fingerprint density at radius 1 is 1.06 bits per heavy atom. The molecular formula is C22H20FN3O4S. The van der Waals surface area contributed by atoms with Crippen LogP contribution < -0.4 is 14.8 Å². The number of amides is 1. The molecule has 0 bridgehead atoms. The molecule has 0 radical (unpaired) electrons. The van der Waals surface area contributed by atoms with E-state index < -0.39 is 11.6 Å². The van der Waals surface area contributed by atoms with Crippen LogP contribution in [0.1, 0.15) is 32.1 Å². The third-order valence-electron chi connectivity index (χ3n) is 5.27. The van der Waals surface area contributed by atoms with Crippen molar-refractivity contribution in [2.45, 2.75) is 43.1 Å². The van der Waals surface area contributed by atoms with Crippen LogP contribution >= 0.6 is 11.8 Å². The lowest BCUT2D eigenvalue weighted by Gasteiger charge is -2.31. The zero-order valence-corrected chi connectivity index (χ0v) is 17.4. The summed E-state index contributed by atoms with van der Waals surface area (Å²) in [7, 11) is 0. The molecule has 9 heteroatoms. The van der Waals surface area contributed by atoms with Gasteiger partial charge in [0.2, 0.25) is 5.91 Å². The number of nitrogens with zero attached hydrogens (tertiary/aromatic N) is 2. The van der Waals surface area contributed by atoms with Gasteiger partial charge in [0.05, 0.1) is 11.3 Å². The molecule has 0 unspecified atom stereocenters. The number of carbonyl (C=O) groups is 1. The van der Waals surface area contributed by atoms with E-state index in [4.69, 9.17) is 13.9 Å². The van der Waals surface area contributed by atoms with Gasteiger partial charge < -0.3 is 19.2 Å². The monoisotopic (exact) mass is 441 g/mol. The van der Waals surface area contributed by atoms with E-state index in [1.807, 2.05) is 6.07 Å². The van der Waals surface area contributed by atoms with E-state index in [0.717, 1.165) is 37.4 Å². The molecule has 7 nitrogen and oxygen atoms in total. The summed E-state index contributed by atoms with van der Waals surface area (Å²) in [5, 5.41) is 10.8. The molecule has 0 saturated heterocycles. The minimum atomic E-state index is -0.549. The Kier molecular flexibility index (Phi) is 5.27. The number of benzene rings is 2. The van der Waals surface area contributed by atoms with E-state index in [9.17, 15) is 9.18 Å². The highest BCUT2D eigenvalue weighted by Crippen LogP contribution is 2.46. The molecular weight excluding hydrogens is 421 g/mol. The molecule has 2 aliphatic rings. The van der Waals surface area contributed by atoms with Crippen molar-refractivity contribution in [1.82, 2.24) is 10.2 Å². The van der Waals surface area contributed by atoms with Crippen LogP contribution in [0.3, 0.4) is 0 Å². The van der Waals surface area contributed by atoms with Crippen molar-refractivity contribution in [2.75, 3.05) is 11.1 Å². The number of hydrogen-bond acceptors (Lipinski definition) is 7. The van der Waals surface area contributed by atoms with Crippen LogP contribution in [0.25, 0.3) is 11.5 Å². The normalized spacial score (nSPS) is 16.4. The number of ether oxygens (including phenoxy) is 2. The highest BCUT2D eigenvalue weighted by molar-refractivity contribution is 7.99. The Bertz CT molecular complexity index is 1110. The van der Waals surface area contributed by atoms with Crippen molar-refractivity contribution in [2.24, 2.45) is 0 Å². The van der Waals surface area contributed by atoms with Crippen molar-refractivity contribution in [1.29, 1.82) is 0 Å². The lowest BCUT2D eigenvalue weighted by molar-refractivity contribution is -0.113. The zero-order valence-electron chi connectivity index (χ0n) is 16.6. The van der Waals surface area contributed by atoms with Crippen LogP contribution in [-0.2, 0) is 4.79 Å². The molecule has 1 fully saturated rings. The lowest BCUT2D eigenvalue weighted by Crippen LogP contribution is -2.40. The Hall–Kier alpha value is -3.07. The van der Waals surface area contributed by atoms with E-state index in [1.54, 1.807) is 30.3 Å². The number of rotatable bonds is 5. The summed E-state index contributed by atoms with van der Waals surface area (Å²) in [5.41, 5.74) is 0.848. The second-order valence-corrected chi connectivity index (χ2v) is 8.45. The fourth-order valence-electron chi connectivity index (χ4n) is 3.80. The van der Waals surface area contributed by atoms with Gasteiger partial charge in [0.15, 0.2) is 11.5 Å². The van der Waals surface area contributed by atoms with Crippen molar-refractivity contribution in [3.63, 3.8) is 0 Å². The summed E-state index contributed by atoms with van der Waals surface area (Å²) in [4.78, 5) is 12.4. The fraction of sp³-hybridized carbons (Fsp3) is 0.318. The van der Waals surface area contributed by atoms with E-state index in [0.29, 0.717) is 17.2 Å². The Balaban J connectivity index is 1.18. The van der Waals surface area contributed by atoms with Crippen LogP contribution in [0, 0.1) is 5.82 Å². The van der Waals surface area contributed by atoms with Gasteiger partial charge in [-0.2, -0.15) is 0 Å². The smallest absolute Gasteiger partial charge is 0.277 e. The van der Waals surface area contributed by atoms with Gasteiger partial charge in [-0.25, -0.2) is 4.39 Å². The first-order chi connectivity index (χ1) is 15.1. The molecule has 31 heavy (non-hydrogen) atoms. The molecule has 2 aromatic carbocycles. The van der Waals surface area contributed by atoms with Gasteiger partial charge in [0.1, 0.15) is 5.82 Å². The predicted molar refractivity (Wildman–Crippen MR) is 113 cm³/mol. The van der Waals surface area contributed by atoms with Crippen molar-refractivity contribution < 1.29 is 23.1 Å². The third kappa shape index (κ3) is 4.23. The second-order valence-electron chi connectivity index (χ2n) is 7.53. The van der Waals surface area contributed by atoms with Crippen LogP contribution in [0.15, 0.2) is 52.1 Å². The molecule has 2 heterocycles. The SMILES string of the molecule is O=C(CSc1nnc(-c2ccccc2F)o1)Nc1ccc2c(c1)OC1(CCCCC1)O2. The number of hydrogen-bond donors (Lipinski definition) is 1. The van der Waals surface area contributed by atoms with Crippen LogP contribution in [0.4, 0.5) is 10.1 Å². The second kappa shape index (κ2) is 8.22. The summed E-state index contributed by atoms with van der Waals surface area (Å²) in [6, 6.07) is 11.5. The number of thioether (sulfide) groups is 1. The minimum Gasteiger partial charge on any atom is -0.448 e. The number of aromatic nitrogens is 2. The molecule has 5 rings (SSSR count). The molecule has 0 atom stereocenters. The average Bonchev–Trinajstić information content (AvgIpc) is 3.37. The summed E-state index contributed by atoms with van der Waals surface area (Å²) < 4.78 is 31.4. The van der Waals surface area contributed by atoms with Crippen molar-refractivity contribution >= 4 is 23.4 Å². The molecule has 160 valence electrons. The molecule has 3 aromatic rings. The van der Waals surface area contributed by atoms with Crippen molar-refractivity contribution in [3.8, 4) is 23.0 Å². The topological polar surface area (TPSA) is 86.5 Å². The number of fused-ring (bicyclic) bond motifs is 1. The van der Waals surface area contributed by atoms with Gasteiger partial charge in [-0.1, -0.05) is 30.3 Å². The molecule has 1 aliphatic heterocycles. The number of anilines is 1. The maximum absolute atomic E-state index is 13.8. The van der Waals surface area contributed by atoms with Gasteiger partial charge in [0.25, 0.3) is 16.9 Å². The third-order valence-corrected chi connectivity index (χ3v) is 6.09. The van der Waals surface area contributed by atoms with Gasteiger partial charge >= 0.3 is 0 Å². The predicted octanol–water partition coefficient (Wildman–Crippen LogP) is 5.04. The minimum absolute atomic E-state index is 0.0668. The van der Waals surface area contributed by atoms with Crippen molar-refractivity contribution in [3.05, 3.63) is 48.3 Å². The molecule has 1 spiro atoms. The number of carbonyl (C=O) groups excluding carboxylic acids is 1. The average molecular weight is 441 g/mol. The van der Waals surface area contributed by atoms with Crippen LogP contribution in [0.5, 0.6) is 11.5 Å². The molecule has 1 aliphatic carbocycles. The van der Waals surface area contributed by atoms with E-state index in [1.165, 1.54) is 12.5 Å². The number of halogens is 1. The first-order valence-electron chi connectivity index (χ1n) is 10.1. The quantitative estimate of drug-likeness (QED) is 0.555. The molecule has 1 N–H and O–H groups in total. The standard InChI is InChI=1S/C22H20FN3O4S/c23-16-7-3-2-6-15(16)20-25-26-21(28-20)31-13-19(27)24-14-8-9-17-18(12-14)30-22(29-17)10-4-1-5-11-22/h2-3,6-9,12H,1,4-5,10-11,13H2,(H,24,27). The summed E-state index contributed by atoms with van der Waals surface area (Å²) in [5.74, 6) is 0.276. The van der Waals surface area contributed by atoms with E-state index >= 15 is 0 Å². The first kappa shape index (κ1) is 19.9. The van der Waals surface area contributed by atoms with E-state index in [-0.39, 0.29) is 28.3 Å². The Morgan fingerprint density at radius 3 is 2.71 bits per heavy atom. The van der Waals surface area contributed by atoms with Gasteiger partial charge in [-0.05, 0) is 37.1 Å². The number of nitrogens with one attached hydrogen (secondary N) is 1. The summed E-state index contributed by atoms with van der Waals surface area (Å²) in [6.07, 6.45) is 5.12. The highest BCUT2D eigenvalue weighted by Gasteiger charge is 2.42. The Labute approximate surface area is 182 Å². The fourth-order valence-corrected chi connectivity index (χ4v) is 4.37. The maximum atomic E-state index is 13.8. The molecule has 1 aromatic heterocycles. The van der Waals surface area contributed by atoms with Crippen LogP contribution in [0.2, 0.25) is 0 Å². The highest BCUT2D eigenvalue weighted by atomic mass is 32.2. The lowest BCUT2D eigenvalue weighted by atomic mass is 9.94. The van der Waals surface area contributed by atoms with Gasteiger partial charge in [0, 0.05) is 24.6 Å². The largest absolute Gasteiger partial charge is 0.448 e. The maximum Gasteiger partial charge on any atom is 0.277 e. The zero-order chi connectivity index (χ0) is 21.3. The molecule has 1 amide bonds.